The van der Waals surface area contributed by atoms with E-state index in [-0.39, 0.29) is 6.61 Å². The van der Waals surface area contributed by atoms with Crippen molar-refractivity contribution in [3.8, 4) is 0 Å². The molecule has 1 aliphatic heterocycles. The summed E-state index contributed by atoms with van der Waals surface area (Å²) in [5.41, 5.74) is 0.321. The van der Waals surface area contributed by atoms with E-state index >= 15 is 0 Å². The Hall–Kier alpha value is -1.45. The lowest BCUT2D eigenvalue weighted by molar-refractivity contribution is -0.149. The summed E-state index contributed by atoms with van der Waals surface area (Å²) in [7, 11) is 0. The number of rotatable bonds is 5. The second-order valence-corrected chi connectivity index (χ2v) is 3.57. The summed E-state index contributed by atoms with van der Waals surface area (Å²) in [6, 6.07) is 0. The third-order valence-electron chi connectivity index (χ3n) is 2.76. The zero-order chi connectivity index (χ0) is 12.2. The molecule has 1 aliphatic rings. The standard InChI is InChI=1S/C12H17NO3/c1-4-9-7-13-12(8-14,10(9)5-2)11(15)16-6-3/h7-8H,4-6H2,1-3H3. The van der Waals surface area contributed by atoms with E-state index in [1.165, 1.54) is 0 Å². The zero-order valence-corrected chi connectivity index (χ0v) is 9.95. The van der Waals surface area contributed by atoms with E-state index in [4.69, 9.17) is 4.74 Å². The fourth-order valence-corrected chi connectivity index (χ4v) is 1.95. The second-order valence-electron chi connectivity index (χ2n) is 3.57. The average molecular weight is 223 g/mol. The van der Waals surface area contributed by atoms with Crippen LogP contribution in [-0.2, 0) is 14.3 Å². The van der Waals surface area contributed by atoms with E-state index in [1.54, 1.807) is 13.1 Å². The van der Waals surface area contributed by atoms with Gasteiger partial charge in [-0.3, -0.25) is 9.79 Å². The lowest BCUT2D eigenvalue weighted by atomic mass is 9.88. The van der Waals surface area contributed by atoms with Crippen LogP contribution in [0.2, 0.25) is 0 Å². The Balaban J connectivity index is 3.16. The molecule has 0 amide bonds. The second kappa shape index (κ2) is 5.05. The maximum atomic E-state index is 11.8. The van der Waals surface area contributed by atoms with Gasteiger partial charge in [-0.25, -0.2) is 4.79 Å². The Labute approximate surface area is 95.4 Å². The van der Waals surface area contributed by atoms with Crippen molar-refractivity contribution in [2.24, 2.45) is 4.99 Å². The van der Waals surface area contributed by atoms with Gasteiger partial charge in [0, 0.05) is 6.21 Å². The molecule has 1 atom stereocenters. The van der Waals surface area contributed by atoms with Gasteiger partial charge < -0.3 is 4.74 Å². The molecule has 0 saturated heterocycles. The first-order valence-corrected chi connectivity index (χ1v) is 5.57. The van der Waals surface area contributed by atoms with Gasteiger partial charge >= 0.3 is 5.97 Å². The minimum absolute atomic E-state index is 0.252. The number of esters is 1. The molecule has 4 nitrogen and oxygen atoms in total. The number of allylic oxidation sites excluding steroid dienone is 1. The molecule has 0 radical (unpaired) electrons. The maximum absolute atomic E-state index is 11.8. The number of hydrogen-bond donors (Lipinski definition) is 0. The molecule has 0 aliphatic carbocycles. The Morgan fingerprint density at radius 2 is 2.12 bits per heavy atom. The Morgan fingerprint density at radius 1 is 1.44 bits per heavy atom. The van der Waals surface area contributed by atoms with Gasteiger partial charge in [-0.1, -0.05) is 13.8 Å². The van der Waals surface area contributed by atoms with Crippen molar-refractivity contribution in [3.63, 3.8) is 0 Å². The molecule has 88 valence electrons. The summed E-state index contributed by atoms with van der Waals surface area (Å²) in [6.07, 6.45) is 3.59. The number of nitrogens with zero attached hydrogens (tertiary/aromatic N) is 1. The van der Waals surface area contributed by atoms with E-state index in [1.807, 2.05) is 13.8 Å². The van der Waals surface area contributed by atoms with Gasteiger partial charge in [-0.05, 0) is 30.9 Å². The molecule has 0 N–H and O–H groups in total. The Bertz CT molecular complexity index is 357. The average Bonchev–Trinajstić information content (AvgIpc) is 2.67. The van der Waals surface area contributed by atoms with Gasteiger partial charge in [-0.15, -0.1) is 0 Å². The molecule has 0 aromatic carbocycles. The van der Waals surface area contributed by atoms with Crippen LogP contribution in [0.5, 0.6) is 0 Å². The van der Waals surface area contributed by atoms with E-state index in [0.29, 0.717) is 12.7 Å². The lowest BCUT2D eigenvalue weighted by Gasteiger charge is -2.21. The highest BCUT2D eigenvalue weighted by molar-refractivity contribution is 6.08. The van der Waals surface area contributed by atoms with Crippen molar-refractivity contribution in [3.05, 3.63) is 11.1 Å². The van der Waals surface area contributed by atoms with Gasteiger partial charge in [0.05, 0.1) is 6.61 Å². The van der Waals surface area contributed by atoms with Crippen LogP contribution < -0.4 is 0 Å². The first-order chi connectivity index (χ1) is 7.66. The molecule has 4 heteroatoms. The Kier molecular flexibility index (Phi) is 3.99. The van der Waals surface area contributed by atoms with E-state index in [2.05, 4.69) is 4.99 Å². The summed E-state index contributed by atoms with van der Waals surface area (Å²) in [6.45, 7) is 5.85. The molecule has 0 aromatic rings. The number of hydrogen-bond acceptors (Lipinski definition) is 4. The van der Waals surface area contributed by atoms with Crippen LogP contribution in [0, 0.1) is 0 Å². The molecule has 0 bridgehead atoms. The monoisotopic (exact) mass is 223 g/mol. The van der Waals surface area contributed by atoms with Gasteiger partial charge in [0.25, 0.3) is 0 Å². The highest BCUT2D eigenvalue weighted by Crippen LogP contribution is 2.32. The number of carbonyl (C=O) groups excluding carboxylic acids is 2. The smallest absolute Gasteiger partial charge is 0.345 e. The lowest BCUT2D eigenvalue weighted by Crippen LogP contribution is -2.40. The normalized spacial score (nSPS) is 23.7. The summed E-state index contributed by atoms with van der Waals surface area (Å²) in [4.78, 5) is 27.1. The SMILES string of the molecule is CCOC(=O)C1(C=O)N=CC(CC)=C1CC. The van der Waals surface area contributed by atoms with Crippen LogP contribution in [0.4, 0.5) is 0 Å². The quantitative estimate of drug-likeness (QED) is 0.405. The number of carbonyl (C=O) groups is 2. The third-order valence-corrected chi connectivity index (χ3v) is 2.76. The Morgan fingerprint density at radius 3 is 2.56 bits per heavy atom. The van der Waals surface area contributed by atoms with Crippen molar-refractivity contribution in [1.82, 2.24) is 0 Å². The number of aldehydes is 1. The van der Waals surface area contributed by atoms with Crippen molar-refractivity contribution < 1.29 is 14.3 Å². The van der Waals surface area contributed by atoms with E-state index in [0.717, 1.165) is 17.6 Å². The fourth-order valence-electron chi connectivity index (χ4n) is 1.95. The minimum Gasteiger partial charge on any atom is -0.464 e. The number of aliphatic imine (C=N–C) groups is 1. The number of ether oxygens (including phenoxy) is 1. The molecule has 1 rings (SSSR count). The van der Waals surface area contributed by atoms with Crippen LogP contribution in [0.1, 0.15) is 33.6 Å². The summed E-state index contributed by atoms with van der Waals surface area (Å²) in [5.74, 6) is -0.568. The van der Waals surface area contributed by atoms with Crippen LogP contribution in [0.25, 0.3) is 0 Å². The van der Waals surface area contributed by atoms with Crippen LogP contribution in [-0.4, -0.2) is 30.6 Å². The highest BCUT2D eigenvalue weighted by atomic mass is 16.5. The predicted octanol–water partition coefficient (Wildman–Crippen LogP) is 1.69. The maximum Gasteiger partial charge on any atom is 0.345 e. The molecule has 16 heavy (non-hydrogen) atoms. The van der Waals surface area contributed by atoms with Gasteiger partial charge in [0.15, 0.2) is 6.29 Å². The largest absolute Gasteiger partial charge is 0.464 e. The van der Waals surface area contributed by atoms with Gasteiger partial charge in [-0.2, -0.15) is 0 Å². The van der Waals surface area contributed by atoms with Crippen molar-refractivity contribution in [1.29, 1.82) is 0 Å². The van der Waals surface area contributed by atoms with Crippen molar-refractivity contribution in [2.75, 3.05) is 6.61 Å². The summed E-state index contributed by atoms with van der Waals surface area (Å²) < 4.78 is 4.93. The summed E-state index contributed by atoms with van der Waals surface area (Å²) in [5, 5.41) is 0. The van der Waals surface area contributed by atoms with Gasteiger partial charge in [0.2, 0.25) is 5.54 Å². The van der Waals surface area contributed by atoms with Gasteiger partial charge in [0.1, 0.15) is 0 Å². The first kappa shape index (κ1) is 12.6. The highest BCUT2D eigenvalue weighted by Gasteiger charge is 2.46. The molecule has 1 unspecified atom stereocenters. The van der Waals surface area contributed by atoms with Crippen molar-refractivity contribution >= 4 is 18.5 Å². The predicted molar refractivity (Wildman–Crippen MR) is 61.5 cm³/mol. The zero-order valence-electron chi connectivity index (χ0n) is 9.95. The first-order valence-electron chi connectivity index (χ1n) is 5.57. The van der Waals surface area contributed by atoms with Crippen LogP contribution >= 0.6 is 0 Å². The van der Waals surface area contributed by atoms with E-state index < -0.39 is 11.5 Å². The molecule has 0 saturated carbocycles. The van der Waals surface area contributed by atoms with Crippen LogP contribution in [0.15, 0.2) is 16.1 Å². The third kappa shape index (κ3) is 1.79. The molecular weight excluding hydrogens is 206 g/mol. The summed E-state index contributed by atoms with van der Waals surface area (Å²) >= 11 is 0. The molecule has 0 spiro atoms. The fraction of sp³-hybridized carbons (Fsp3) is 0.583. The van der Waals surface area contributed by atoms with E-state index in [9.17, 15) is 9.59 Å². The topological polar surface area (TPSA) is 55.7 Å². The molecule has 1 heterocycles. The van der Waals surface area contributed by atoms with Crippen LogP contribution in [0.3, 0.4) is 0 Å². The molecule has 0 aromatic heterocycles. The minimum atomic E-state index is -1.41. The van der Waals surface area contributed by atoms with Crippen molar-refractivity contribution in [2.45, 2.75) is 39.2 Å². The molecule has 0 fully saturated rings. The molecular formula is C12H17NO3.